The first-order valence-electron chi connectivity index (χ1n) is 8.30. The van der Waals surface area contributed by atoms with Crippen molar-refractivity contribution in [2.24, 2.45) is 0 Å². The van der Waals surface area contributed by atoms with Crippen molar-refractivity contribution < 1.29 is 33.5 Å². The van der Waals surface area contributed by atoms with Crippen LogP contribution in [0.4, 0.5) is 5.69 Å². The van der Waals surface area contributed by atoms with Crippen LogP contribution in [-0.4, -0.2) is 43.3 Å². The Morgan fingerprint density at radius 2 is 1.75 bits per heavy atom. The summed E-state index contributed by atoms with van der Waals surface area (Å²) in [7, 11) is 1.50. The van der Waals surface area contributed by atoms with Crippen molar-refractivity contribution in [3.8, 4) is 11.5 Å². The van der Waals surface area contributed by atoms with Gasteiger partial charge in [0.1, 0.15) is 12.4 Å². The minimum Gasteiger partial charge on any atom is -0.472 e. The lowest BCUT2D eigenvalue weighted by Gasteiger charge is -2.14. The van der Waals surface area contributed by atoms with Gasteiger partial charge in [0, 0.05) is 13.2 Å². The highest BCUT2D eigenvalue weighted by molar-refractivity contribution is 5.89. The maximum absolute atomic E-state index is 12.2. The van der Waals surface area contributed by atoms with Crippen LogP contribution in [0.15, 0.2) is 48.5 Å². The SMILES string of the molecule is COCCOC(=O)c1ccc(OC(=O)C(C)Oc2ccccc2[N+](=O)[O-])cc1. The number of para-hydroxylation sites is 2. The zero-order valence-corrected chi connectivity index (χ0v) is 15.3. The minimum absolute atomic E-state index is 0.0360. The lowest BCUT2D eigenvalue weighted by atomic mass is 10.2. The Balaban J connectivity index is 1.95. The van der Waals surface area contributed by atoms with E-state index >= 15 is 0 Å². The van der Waals surface area contributed by atoms with Crippen LogP contribution in [0.5, 0.6) is 11.5 Å². The van der Waals surface area contributed by atoms with E-state index in [0.717, 1.165) is 0 Å². The first-order chi connectivity index (χ1) is 13.4. The maximum Gasteiger partial charge on any atom is 0.352 e. The molecule has 0 radical (unpaired) electrons. The van der Waals surface area contributed by atoms with Crippen molar-refractivity contribution >= 4 is 17.6 Å². The Hall–Kier alpha value is -3.46. The van der Waals surface area contributed by atoms with Crippen LogP contribution in [0.2, 0.25) is 0 Å². The van der Waals surface area contributed by atoms with E-state index in [1.807, 2.05) is 0 Å². The summed E-state index contributed by atoms with van der Waals surface area (Å²) in [5.74, 6) is -1.11. The monoisotopic (exact) mass is 389 g/mol. The summed E-state index contributed by atoms with van der Waals surface area (Å²) >= 11 is 0. The number of carbonyl (C=O) groups excluding carboxylic acids is 2. The molecule has 0 amide bonds. The van der Waals surface area contributed by atoms with Gasteiger partial charge in [-0.3, -0.25) is 10.1 Å². The number of esters is 2. The van der Waals surface area contributed by atoms with Crippen molar-refractivity contribution in [2.75, 3.05) is 20.3 Å². The smallest absolute Gasteiger partial charge is 0.352 e. The van der Waals surface area contributed by atoms with E-state index in [4.69, 9.17) is 18.9 Å². The van der Waals surface area contributed by atoms with E-state index in [9.17, 15) is 19.7 Å². The number of nitrogens with zero attached hydrogens (tertiary/aromatic N) is 1. The molecule has 0 spiro atoms. The van der Waals surface area contributed by atoms with Gasteiger partial charge < -0.3 is 18.9 Å². The van der Waals surface area contributed by atoms with Gasteiger partial charge in [0.15, 0.2) is 11.9 Å². The molecule has 0 aromatic heterocycles. The zero-order valence-electron chi connectivity index (χ0n) is 15.3. The average molecular weight is 389 g/mol. The highest BCUT2D eigenvalue weighted by Gasteiger charge is 2.22. The summed E-state index contributed by atoms with van der Waals surface area (Å²) in [6.07, 6.45) is -1.08. The van der Waals surface area contributed by atoms with Gasteiger partial charge in [-0.05, 0) is 37.3 Å². The van der Waals surface area contributed by atoms with E-state index in [1.165, 1.54) is 56.5 Å². The summed E-state index contributed by atoms with van der Waals surface area (Å²) in [5, 5.41) is 11.0. The lowest BCUT2D eigenvalue weighted by molar-refractivity contribution is -0.386. The zero-order chi connectivity index (χ0) is 20.5. The minimum atomic E-state index is -1.08. The molecule has 0 heterocycles. The molecule has 2 aromatic rings. The van der Waals surface area contributed by atoms with Crippen LogP contribution in [0.25, 0.3) is 0 Å². The van der Waals surface area contributed by atoms with Gasteiger partial charge in [-0.2, -0.15) is 0 Å². The number of hydrogen-bond donors (Lipinski definition) is 0. The lowest BCUT2D eigenvalue weighted by Crippen LogP contribution is -2.28. The summed E-state index contributed by atoms with van der Waals surface area (Å²) < 4.78 is 20.3. The predicted molar refractivity (Wildman–Crippen MR) is 97.4 cm³/mol. The Kier molecular flexibility index (Phi) is 7.46. The highest BCUT2D eigenvalue weighted by Crippen LogP contribution is 2.27. The fraction of sp³-hybridized carbons (Fsp3) is 0.263. The molecule has 0 saturated carbocycles. The molecule has 0 fully saturated rings. The van der Waals surface area contributed by atoms with Gasteiger partial charge in [0.05, 0.1) is 17.1 Å². The number of benzene rings is 2. The largest absolute Gasteiger partial charge is 0.472 e. The molecule has 0 aliphatic rings. The van der Waals surface area contributed by atoms with E-state index in [2.05, 4.69) is 0 Å². The molecule has 0 aliphatic carbocycles. The van der Waals surface area contributed by atoms with Crippen LogP contribution in [0, 0.1) is 10.1 Å². The van der Waals surface area contributed by atoms with Gasteiger partial charge in [0.2, 0.25) is 0 Å². The second-order valence-electron chi connectivity index (χ2n) is 5.56. The van der Waals surface area contributed by atoms with E-state index < -0.39 is 23.0 Å². The number of rotatable bonds is 9. The van der Waals surface area contributed by atoms with Gasteiger partial charge in [0.25, 0.3) is 0 Å². The molecular formula is C19H19NO8. The fourth-order valence-electron chi connectivity index (χ4n) is 2.11. The van der Waals surface area contributed by atoms with Crippen LogP contribution in [0.3, 0.4) is 0 Å². The van der Waals surface area contributed by atoms with Gasteiger partial charge in [-0.15, -0.1) is 0 Å². The number of carbonyl (C=O) groups is 2. The van der Waals surface area contributed by atoms with Gasteiger partial charge in [-0.1, -0.05) is 12.1 Å². The average Bonchev–Trinajstić information content (AvgIpc) is 2.68. The number of nitro benzene ring substituents is 1. The third-order valence-corrected chi connectivity index (χ3v) is 3.53. The molecule has 0 N–H and O–H groups in total. The number of ether oxygens (including phenoxy) is 4. The van der Waals surface area contributed by atoms with Crippen LogP contribution in [0.1, 0.15) is 17.3 Å². The van der Waals surface area contributed by atoms with Crippen molar-refractivity contribution in [2.45, 2.75) is 13.0 Å². The molecule has 2 aromatic carbocycles. The Morgan fingerprint density at radius 3 is 2.39 bits per heavy atom. The molecule has 0 saturated heterocycles. The molecule has 2 rings (SSSR count). The highest BCUT2D eigenvalue weighted by atomic mass is 16.6. The third-order valence-electron chi connectivity index (χ3n) is 3.53. The normalized spacial score (nSPS) is 11.4. The van der Waals surface area contributed by atoms with Crippen molar-refractivity contribution in [3.63, 3.8) is 0 Å². The first-order valence-corrected chi connectivity index (χ1v) is 8.30. The molecule has 1 atom stereocenters. The van der Waals surface area contributed by atoms with E-state index in [0.29, 0.717) is 12.2 Å². The van der Waals surface area contributed by atoms with Crippen LogP contribution >= 0.6 is 0 Å². The second-order valence-corrected chi connectivity index (χ2v) is 5.56. The van der Waals surface area contributed by atoms with Crippen molar-refractivity contribution in [3.05, 3.63) is 64.2 Å². The summed E-state index contributed by atoms with van der Waals surface area (Å²) in [4.78, 5) is 34.4. The standard InChI is InChI=1S/C19H19NO8/c1-13(27-17-6-4-3-5-16(17)20(23)24)18(21)28-15-9-7-14(8-10-15)19(22)26-12-11-25-2/h3-10,13H,11-12H2,1-2H3. The van der Waals surface area contributed by atoms with E-state index in [-0.39, 0.29) is 23.8 Å². The molecule has 148 valence electrons. The number of methoxy groups -OCH3 is 1. The summed E-state index contributed by atoms with van der Waals surface area (Å²) in [6, 6.07) is 11.5. The molecule has 0 aliphatic heterocycles. The van der Waals surface area contributed by atoms with Crippen molar-refractivity contribution in [1.29, 1.82) is 0 Å². The third kappa shape index (κ3) is 5.78. The number of hydrogen-bond acceptors (Lipinski definition) is 8. The van der Waals surface area contributed by atoms with Gasteiger partial charge >= 0.3 is 17.6 Å². The Morgan fingerprint density at radius 1 is 1.07 bits per heavy atom. The summed E-state index contributed by atoms with van der Waals surface area (Å²) in [6.45, 7) is 1.84. The quantitative estimate of drug-likeness (QED) is 0.211. The Labute approximate surface area is 160 Å². The number of nitro groups is 1. The summed E-state index contributed by atoms with van der Waals surface area (Å²) in [5.41, 5.74) is 0.0404. The molecule has 1 unspecified atom stereocenters. The predicted octanol–water partition coefficient (Wildman–Crippen LogP) is 2.77. The van der Waals surface area contributed by atoms with Crippen molar-refractivity contribution in [1.82, 2.24) is 0 Å². The second kappa shape index (κ2) is 10.0. The molecular weight excluding hydrogens is 370 g/mol. The molecule has 9 heteroatoms. The molecule has 0 bridgehead atoms. The van der Waals surface area contributed by atoms with Crippen LogP contribution < -0.4 is 9.47 Å². The fourth-order valence-corrected chi connectivity index (χ4v) is 2.11. The van der Waals surface area contributed by atoms with Gasteiger partial charge in [-0.25, -0.2) is 9.59 Å². The molecule has 28 heavy (non-hydrogen) atoms. The molecule has 9 nitrogen and oxygen atoms in total. The first kappa shape index (κ1) is 20.8. The maximum atomic E-state index is 12.2. The topological polar surface area (TPSA) is 114 Å². The Bertz CT molecular complexity index is 834. The van der Waals surface area contributed by atoms with E-state index in [1.54, 1.807) is 6.07 Å². The van der Waals surface area contributed by atoms with Crippen LogP contribution in [-0.2, 0) is 14.3 Å².